The van der Waals surface area contributed by atoms with Gasteiger partial charge in [0.25, 0.3) is 10.0 Å². The maximum atomic E-state index is 13.3. The summed E-state index contributed by atoms with van der Waals surface area (Å²) < 4.78 is 40.4. The second kappa shape index (κ2) is 5.54. The number of sulfonamides is 1. The van der Waals surface area contributed by atoms with Crippen LogP contribution in [0.25, 0.3) is 0 Å². The van der Waals surface area contributed by atoms with Gasteiger partial charge in [-0.15, -0.1) is 0 Å². The smallest absolute Gasteiger partial charge is 0.262 e. The Hall–Kier alpha value is -2.39. The molecule has 0 aromatic heterocycles. The van der Waals surface area contributed by atoms with Crippen molar-refractivity contribution >= 4 is 15.7 Å². The van der Waals surface area contributed by atoms with Gasteiger partial charge in [0.15, 0.2) is 0 Å². The predicted octanol–water partition coefficient (Wildman–Crippen LogP) is 3.12. The number of aryl methyl sites for hydroxylation is 2. The summed E-state index contributed by atoms with van der Waals surface area (Å²) in [6, 6.07) is 10.4. The Bertz CT molecular complexity index is 839. The molecule has 0 aliphatic carbocycles. The fraction of sp³-hybridized carbons (Fsp3) is 0.133. The number of nitrogens with zero attached hydrogens (tertiary/aromatic N) is 1. The maximum absolute atomic E-state index is 13.3. The van der Waals surface area contributed by atoms with Crippen molar-refractivity contribution in [2.75, 3.05) is 4.72 Å². The molecule has 6 heteroatoms. The van der Waals surface area contributed by atoms with Crippen LogP contribution in [0.1, 0.15) is 16.7 Å². The van der Waals surface area contributed by atoms with Crippen molar-refractivity contribution in [2.24, 2.45) is 0 Å². The number of nitriles is 1. The van der Waals surface area contributed by atoms with E-state index in [0.29, 0.717) is 11.1 Å². The van der Waals surface area contributed by atoms with Crippen molar-refractivity contribution in [1.82, 2.24) is 0 Å². The van der Waals surface area contributed by atoms with E-state index in [1.165, 1.54) is 18.2 Å². The van der Waals surface area contributed by atoms with E-state index in [1.54, 1.807) is 26.0 Å². The van der Waals surface area contributed by atoms with Gasteiger partial charge in [-0.05, 0) is 43.2 Å². The van der Waals surface area contributed by atoms with Gasteiger partial charge in [-0.25, -0.2) is 12.8 Å². The summed E-state index contributed by atoms with van der Waals surface area (Å²) in [6.07, 6.45) is 0. The molecule has 21 heavy (non-hydrogen) atoms. The summed E-state index contributed by atoms with van der Waals surface area (Å²) in [5.41, 5.74) is 1.51. The fourth-order valence-corrected chi connectivity index (χ4v) is 3.29. The zero-order chi connectivity index (χ0) is 15.6. The molecule has 4 nitrogen and oxygen atoms in total. The molecule has 108 valence electrons. The van der Waals surface area contributed by atoms with Crippen molar-refractivity contribution in [3.63, 3.8) is 0 Å². The highest BCUT2D eigenvalue weighted by molar-refractivity contribution is 7.92. The molecule has 2 rings (SSSR count). The first kappa shape index (κ1) is 15.0. The minimum atomic E-state index is -3.96. The molecule has 0 aliphatic rings. The van der Waals surface area contributed by atoms with E-state index in [0.717, 1.165) is 6.07 Å². The first-order valence-electron chi connectivity index (χ1n) is 6.14. The monoisotopic (exact) mass is 304 g/mol. The van der Waals surface area contributed by atoms with Crippen LogP contribution in [0, 0.1) is 31.0 Å². The summed E-state index contributed by atoms with van der Waals surface area (Å²) in [6.45, 7) is 3.29. The van der Waals surface area contributed by atoms with Crippen molar-refractivity contribution in [2.45, 2.75) is 18.7 Å². The minimum Gasteiger partial charge on any atom is -0.278 e. The van der Waals surface area contributed by atoms with Crippen LogP contribution in [-0.4, -0.2) is 8.42 Å². The van der Waals surface area contributed by atoms with Crippen LogP contribution in [0.5, 0.6) is 0 Å². The van der Waals surface area contributed by atoms with Gasteiger partial charge in [-0.3, -0.25) is 4.72 Å². The molecule has 0 aliphatic heterocycles. The lowest BCUT2D eigenvalue weighted by Crippen LogP contribution is -2.15. The lowest BCUT2D eigenvalue weighted by atomic mass is 10.1. The van der Waals surface area contributed by atoms with Crippen LogP contribution in [0.15, 0.2) is 41.3 Å². The molecule has 0 bridgehead atoms. The third kappa shape index (κ3) is 3.03. The van der Waals surface area contributed by atoms with E-state index in [1.807, 2.05) is 6.07 Å². The van der Waals surface area contributed by atoms with E-state index in [9.17, 15) is 12.8 Å². The third-order valence-electron chi connectivity index (χ3n) is 3.07. The van der Waals surface area contributed by atoms with E-state index in [2.05, 4.69) is 4.72 Å². The Morgan fingerprint density at radius 2 is 1.86 bits per heavy atom. The Kier molecular flexibility index (Phi) is 3.96. The molecule has 0 heterocycles. The number of halogens is 1. The molecule has 0 unspecified atom stereocenters. The average Bonchev–Trinajstić information content (AvgIpc) is 2.41. The van der Waals surface area contributed by atoms with Crippen LogP contribution >= 0.6 is 0 Å². The zero-order valence-corrected chi connectivity index (χ0v) is 12.3. The fourth-order valence-electron chi connectivity index (χ4n) is 1.96. The van der Waals surface area contributed by atoms with Gasteiger partial charge < -0.3 is 0 Å². The minimum absolute atomic E-state index is 0.145. The Labute approximate surface area is 122 Å². The quantitative estimate of drug-likeness (QED) is 0.947. The number of hydrogen-bond acceptors (Lipinski definition) is 3. The van der Waals surface area contributed by atoms with E-state index in [4.69, 9.17) is 5.26 Å². The topological polar surface area (TPSA) is 70.0 Å². The van der Waals surface area contributed by atoms with Gasteiger partial charge in [0, 0.05) is 0 Å². The maximum Gasteiger partial charge on any atom is 0.262 e. The molecule has 2 aromatic carbocycles. The van der Waals surface area contributed by atoms with Crippen molar-refractivity contribution in [1.29, 1.82) is 5.26 Å². The van der Waals surface area contributed by atoms with Crippen LogP contribution in [0.4, 0.5) is 10.1 Å². The Balaban J connectivity index is 2.51. The molecule has 0 saturated carbocycles. The summed E-state index contributed by atoms with van der Waals surface area (Å²) in [5, 5.41) is 9.12. The average molecular weight is 304 g/mol. The lowest BCUT2D eigenvalue weighted by molar-refractivity contribution is 0.594. The standard InChI is InChI=1S/C15H13FN2O2S/c1-10-4-3-5-14(13(10)9-17)18-21(19,20)15-8-12(16)7-6-11(15)2/h3-8,18H,1-2H3. The van der Waals surface area contributed by atoms with E-state index >= 15 is 0 Å². The normalized spacial score (nSPS) is 11.0. The molecular formula is C15H13FN2O2S. The van der Waals surface area contributed by atoms with Crippen molar-refractivity contribution < 1.29 is 12.8 Å². The summed E-state index contributed by atoms with van der Waals surface area (Å²) in [5.74, 6) is -0.634. The van der Waals surface area contributed by atoms with Crippen LogP contribution in [-0.2, 0) is 10.0 Å². The second-order valence-corrected chi connectivity index (χ2v) is 6.28. The van der Waals surface area contributed by atoms with Gasteiger partial charge in [-0.1, -0.05) is 18.2 Å². The van der Waals surface area contributed by atoms with Gasteiger partial charge in [0.2, 0.25) is 0 Å². The molecule has 0 fully saturated rings. The summed E-state index contributed by atoms with van der Waals surface area (Å²) in [7, 11) is -3.96. The number of rotatable bonds is 3. The summed E-state index contributed by atoms with van der Waals surface area (Å²) in [4.78, 5) is -0.145. The predicted molar refractivity (Wildman–Crippen MR) is 77.8 cm³/mol. The third-order valence-corrected chi connectivity index (χ3v) is 4.58. The van der Waals surface area contributed by atoms with E-state index < -0.39 is 15.8 Å². The highest BCUT2D eigenvalue weighted by Gasteiger charge is 2.19. The Morgan fingerprint density at radius 3 is 2.52 bits per heavy atom. The van der Waals surface area contributed by atoms with Crippen LogP contribution in [0.3, 0.4) is 0 Å². The van der Waals surface area contributed by atoms with Gasteiger partial charge in [-0.2, -0.15) is 5.26 Å². The SMILES string of the molecule is Cc1ccc(F)cc1S(=O)(=O)Nc1cccc(C)c1C#N. The van der Waals surface area contributed by atoms with Gasteiger partial charge >= 0.3 is 0 Å². The molecule has 0 radical (unpaired) electrons. The van der Waals surface area contributed by atoms with E-state index in [-0.39, 0.29) is 16.1 Å². The number of nitrogens with one attached hydrogen (secondary N) is 1. The molecule has 0 spiro atoms. The lowest BCUT2D eigenvalue weighted by Gasteiger charge is -2.12. The number of anilines is 1. The van der Waals surface area contributed by atoms with Gasteiger partial charge in [0.05, 0.1) is 16.1 Å². The number of benzene rings is 2. The molecule has 0 amide bonds. The first-order chi connectivity index (χ1) is 9.85. The highest BCUT2D eigenvalue weighted by atomic mass is 32.2. The first-order valence-corrected chi connectivity index (χ1v) is 7.62. The molecule has 1 N–H and O–H groups in total. The molecule has 2 aromatic rings. The second-order valence-electron chi connectivity index (χ2n) is 4.62. The number of hydrogen-bond donors (Lipinski definition) is 1. The zero-order valence-electron chi connectivity index (χ0n) is 11.5. The van der Waals surface area contributed by atoms with Crippen molar-refractivity contribution in [3.8, 4) is 6.07 Å². The van der Waals surface area contributed by atoms with Crippen molar-refractivity contribution in [3.05, 3.63) is 58.9 Å². The largest absolute Gasteiger partial charge is 0.278 e. The molecular weight excluding hydrogens is 291 g/mol. The molecule has 0 saturated heterocycles. The van der Waals surface area contributed by atoms with Crippen LogP contribution < -0.4 is 4.72 Å². The highest BCUT2D eigenvalue weighted by Crippen LogP contribution is 2.24. The summed E-state index contributed by atoms with van der Waals surface area (Å²) >= 11 is 0. The Morgan fingerprint density at radius 1 is 1.14 bits per heavy atom. The van der Waals surface area contributed by atoms with Gasteiger partial charge in [0.1, 0.15) is 11.9 Å². The van der Waals surface area contributed by atoms with Crippen LogP contribution in [0.2, 0.25) is 0 Å². The molecule has 0 atom stereocenters.